The summed E-state index contributed by atoms with van der Waals surface area (Å²) >= 11 is 1.37. The summed E-state index contributed by atoms with van der Waals surface area (Å²) in [6.45, 7) is 0. The molecule has 2 aromatic carbocycles. The second kappa shape index (κ2) is 7.40. The molecule has 2 amide bonds. The highest BCUT2D eigenvalue weighted by molar-refractivity contribution is 8.01. The fourth-order valence-electron chi connectivity index (χ4n) is 2.45. The molecule has 1 atom stereocenters. The van der Waals surface area contributed by atoms with Crippen molar-refractivity contribution >= 4 is 40.9 Å². The van der Waals surface area contributed by atoms with Gasteiger partial charge in [0, 0.05) is 17.0 Å². The van der Waals surface area contributed by atoms with E-state index in [4.69, 9.17) is 0 Å². The first-order valence-electron chi connectivity index (χ1n) is 7.61. The maximum Gasteiger partial charge on any atom is 0.337 e. The Morgan fingerprint density at radius 3 is 2.80 bits per heavy atom. The van der Waals surface area contributed by atoms with Crippen molar-refractivity contribution in [3.8, 4) is 0 Å². The molecule has 25 heavy (non-hydrogen) atoms. The lowest BCUT2D eigenvalue weighted by Crippen LogP contribution is -2.32. The van der Waals surface area contributed by atoms with E-state index in [0.29, 0.717) is 11.3 Å². The number of anilines is 2. The third-order valence-corrected chi connectivity index (χ3v) is 4.92. The Bertz CT molecular complexity index is 837. The van der Waals surface area contributed by atoms with E-state index in [1.807, 2.05) is 24.3 Å². The molecule has 2 N–H and O–H groups in total. The molecule has 0 unspecified atom stereocenters. The lowest BCUT2D eigenvalue weighted by atomic mass is 10.2. The Morgan fingerprint density at radius 2 is 2.00 bits per heavy atom. The predicted molar refractivity (Wildman–Crippen MR) is 95.7 cm³/mol. The van der Waals surface area contributed by atoms with Crippen molar-refractivity contribution in [1.29, 1.82) is 0 Å². The SMILES string of the molecule is COC(=O)c1cccc(NC(=O)C[C@@H]2Sc3ccccc3NC2=O)c1. The molecule has 0 saturated carbocycles. The first kappa shape index (κ1) is 17.0. The van der Waals surface area contributed by atoms with Gasteiger partial charge in [0.2, 0.25) is 11.8 Å². The molecule has 6 nitrogen and oxygen atoms in total. The standard InChI is InChI=1S/C18H16N2O4S/c1-24-18(23)11-5-4-6-12(9-11)19-16(21)10-15-17(22)20-13-7-2-3-8-14(13)25-15/h2-9,15H,10H2,1H3,(H,19,21)(H,20,22)/t15-/m0/s1. The molecule has 0 aromatic heterocycles. The molecule has 0 bridgehead atoms. The largest absolute Gasteiger partial charge is 0.465 e. The number of hydrogen-bond acceptors (Lipinski definition) is 5. The molecule has 128 valence electrons. The van der Waals surface area contributed by atoms with Crippen molar-refractivity contribution in [3.63, 3.8) is 0 Å². The second-order valence-corrected chi connectivity index (χ2v) is 6.66. The van der Waals surface area contributed by atoms with E-state index in [0.717, 1.165) is 10.6 Å². The molecule has 3 rings (SSSR count). The van der Waals surface area contributed by atoms with Gasteiger partial charge in [-0.2, -0.15) is 0 Å². The summed E-state index contributed by atoms with van der Waals surface area (Å²) < 4.78 is 4.66. The van der Waals surface area contributed by atoms with Crippen molar-refractivity contribution in [2.24, 2.45) is 0 Å². The van der Waals surface area contributed by atoms with Crippen LogP contribution < -0.4 is 10.6 Å². The highest BCUT2D eigenvalue weighted by Crippen LogP contribution is 2.36. The van der Waals surface area contributed by atoms with Crippen LogP contribution in [0.1, 0.15) is 16.8 Å². The number of methoxy groups -OCH3 is 1. The summed E-state index contributed by atoms with van der Waals surface area (Å²) in [4.78, 5) is 36.9. The van der Waals surface area contributed by atoms with Gasteiger partial charge in [0.05, 0.1) is 23.6 Å². The number of carbonyl (C=O) groups is 3. The third-order valence-electron chi connectivity index (χ3n) is 3.64. The quantitative estimate of drug-likeness (QED) is 0.823. The molecule has 2 aromatic rings. The van der Waals surface area contributed by atoms with Gasteiger partial charge in [-0.05, 0) is 30.3 Å². The number of benzene rings is 2. The molecule has 7 heteroatoms. The zero-order chi connectivity index (χ0) is 17.8. The number of ether oxygens (including phenoxy) is 1. The van der Waals surface area contributed by atoms with Gasteiger partial charge in [0.15, 0.2) is 0 Å². The lowest BCUT2D eigenvalue weighted by molar-refractivity contribution is -0.120. The van der Waals surface area contributed by atoms with Crippen LogP contribution in [0.5, 0.6) is 0 Å². The van der Waals surface area contributed by atoms with Gasteiger partial charge < -0.3 is 15.4 Å². The van der Waals surface area contributed by atoms with Crippen molar-refractivity contribution in [2.75, 3.05) is 17.7 Å². The van der Waals surface area contributed by atoms with Crippen LogP contribution in [0.3, 0.4) is 0 Å². The Balaban J connectivity index is 1.65. The normalized spacial score (nSPS) is 15.7. The summed E-state index contributed by atoms with van der Waals surface area (Å²) in [6.07, 6.45) is 0.0350. The number of esters is 1. The molecule has 1 heterocycles. The monoisotopic (exact) mass is 356 g/mol. The summed E-state index contributed by atoms with van der Waals surface area (Å²) in [5.74, 6) is -0.967. The van der Waals surface area contributed by atoms with Crippen LogP contribution in [0.4, 0.5) is 11.4 Å². The summed E-state index contributed by atoms with van der Waals surface area (Å²) in [5, 5.41) is 5.02. The highest BCUT2D eigenvalue weighted by Gasteiger charge is 2.28. The molecule has 0 radical (unpaired) electrons. The first-order chi connectivity index (χ1) is 12.1. The topological polar surface area (TPSA) is 84.5 Å². The number of nitrogens with one attached hydrogen (secondary N) is 2. The maximum atomic E-state index is 12.3. The zero-order valence-corrected chi connectivity index (χ0v) is 14.3. The third kappa shape index (κ3) is 4.00. The van der Waals surface area contributed by atoms with E-state index in [9.17, 15) is 14.4 Å². The Kier molecular flexibility index (Phi) is 5.04. The van der Waals surface area contributed by atoms with E-state index in [1.165, 1.54) is 24.9 Å². The number of para-hydroxylation sites is 1. The summed E-state index contributed by atoms with van der Waals surface area (Å²) in [6, 6.07) is 13.9. The number of carbonyl (C=O) groups excluding carboxylic acids is 3. The fourth-order valence-corrected chi connectivity index (χ4v) is 3.56. The highest BCUT2D eigenvalue weighted by atomic mass is 32.2. The minimum absolute atomic E-state index is 0.0350. The van der Waals surface area contributed by atoms with Crippen LogP contribution in [0.15, 0.2) is 53.4 Å². The lowest BCUT2D eigenvalue weighted by Gasteiger charge is -2.23. The maximum absolute atomic E-state index is 12.3. The molecule has 1 aliphatic heterocycles. The van der Waals surface area contributed by atoms with Gasteiger partial charge in [0.1, 0.15) is 0 Å². The van der Waals surface area contributed by atoms with E-state index in [1.54, 1.807) is 18.2 Å². The Labute approximate surface area is 148 Å². The molecule has 0 aliphatic carbocycles. The predicted octanol–water partition coefficient (Wildman–Crippen LogP) is 2.91. The average molecular weight is 356 g/mol. The average Bonchev–Trinajstić information content (AvgIpc) is 2.61. The van der Waals surface area contributed by atoms with Gasteiger partial charge in [-0.15, -0.1) is 11.8 Å². The van der Waals surface area contributed by atoms with Crippen LogP contribution in [0.25, 0.3) is 0 Å². The Hall–Kier alpha value is -2.80. The van der Waals surface area contributed by atoms with E-state index >= 15 is 0 Å². The molecular formula is C18H16N2O4S. The smallest absolute Gasteiger partial charge is 0.337 e. The van der Waals surface area contributed by atoms with Gasteiger partial charge in [-0.3, -0.25) is 9.59 Å². The minimum Gasteiger partial charge on any atom is -0.465 e. The van der Waals surface area contributed by atoms with Crippen LogP contribution in [0, 0.1) is 0 Å². The van der Waals surface area contributed by atoms with Gasteiger partial charge in [0.25, 0.3) is 0 Å². The van der Waals surface area contributed by atoms with Crippen molar-refractivity contribution in [2.45, 2.75) is 16.6 Å². The van der Waals surface area contributed by atoms with Crippen molar-refractivity contribution in [3.05, 3.63) is 54.1 Å². The molecule has 0 saturated heterocycles. The van der Waals surface area contributed by atoms with Crippen molar-refractivity contribution in [1.82, 2.24) is 0 Å². The van der Waals surface area contributed by atoms with Crippen LogP contribution >= 0.6 is 11.8 Å². The van der Waals surface area contributed by atoms with Gasteiger partial charge in [-0.25, -0.2) is 4.79 Å². The van der Waals surface area contributed by atoms with E-state index in [2.05, 4.69) is 15.4 Å². The van der Waals surface area contributed by atoms with E-state index < -0.39 is 11.2 Å². The van der Waals surface area contributed by atoms with Gasteiger partial charge in [-0.1, -0.05) is 18.2 Å². The summed E-state index contributed by atoms with van der Waals surface area (Å²) in [7, 11) is 1.30. The van der Waals surface area contributed by atoms with Crippen molar-refractivity contribution < 1.29 is 19.1 Å². The number of amides is 2. The number of fused-ring (bicyclic) bond motifs is 1. The first-order valence-corrected chi connectivity index (χ1v) is 8.49. The zero-order valence-electron chi connectivity index (χ0n) is 13.4. The number of rotatable bonds is 4. The molecule has 0 fully saturated rings. The second-order valence-electron chi connectivity index (χ2n) is 5.42. The summed E-state index contributed by atoms with van der Waals surface area (Å²) in [5.41, 5.74) is 1.59. The van der Waals surface area contributed by atoms with Crippen LogP contribution in [0.2, 0.25) is 0 Å². The number of thioether (sulfide) groups is 1. The van der Waals surface area contributed by atoms with Crippen LogP contribution in [-0.4, -0.2) is 30.1 Å². The molecular weight excluding hydrogens is 340 g/mol. The van der Waals surface area contributed by atoms with Gasteiger partial charge >= 0.3 is 5.97 Å². The van der Waals surface area contributed by atoms with E-state index in [-0.39, 0.29) is 18.2 Å². The van der Waals surface area contributed by atoms with Crippen LogP contribution in [-0.2, 0) is 14.3 Å². The number of hydrogen-bond donors (Lipinski definition) is 2. The minimum atomic E-state index is -0.501. The molecule has 1 aliphatic rings. The Morgan fingerprint density at radius 1 is 1.20 bits per heavy atom. The fraction of sp³-hybridized carbons (Fsp3) is 0.167. The molecule has 0 spiro atoms.